The van der Waals surface area contributed by atoms with E-state index >= 15 is 0 Å². The van der Waals surface area contributed by atoms with Crippen LogP contribution in [-0.4, -0.2) is 15.9 Å². The van der Waals surface area contributed by atoms with Crippen LogP contribution in [0.4, 0.5) is 0 Å². The highest BCUT2D eigenvalue weighted by Gasteiger charge is 2.17. The van der Waals surface area contributed by atoms with Crippen LogP contribution in [0.3, 0.4) is 0 Å². The second kappa shape index (κ2) is 5.33. The van der Waals surface area contributed by atoms with Gasteiger partial charge in [0.1, 0.15) is 5.69 Å². The minimum absolute atomic E-state index is 0.0462. The van der Waals surface area contributed by atoms with Crippen LogP contribution >= 0.6 is 11.3 Å². The van der Waals surface area contributed by atoms with Gasteiger partial charge in [0.2, 0.25) is 0 Å². The first kappa shape index (κ1) is 13.8. The van der Waals surface area contributed by atoms with E-state index in [9.17, 15) is 4.79 Å². The molecule has 108 valence electrons. The summed E-state index contributed by atoms with van der Waals surface area (Å²) in [4.78, 5) is 21.0. The molecule has 1 unspecified atom stereocenters. The maximum Gasteiger partial charge on any atom is 0.268 e. The molecule has 0 saturated carbocycles. The van der Waals surface area contributed by atoms with Crippen LogP contribution in [0.25, 0.3) is 10.9 Å². The molecule has 0 aliphatic carbocycles. The molecule has 0 aliphatic heterocycles. The molecule has 0 saturated heterocycles. The molecule has 3 rings (SSSR count). The van der Waals surface area contributed by atoms with Crippen LogP contribution in [0.15, 0.2) is 30.3 Å². The summed E-state index contributed by atoms with van der Waals surface area (Å²) in [6.45, 7) is 5.94. The van der Waals surface area contributed by atoms with Gasteiger partial charge in [0, 0.05) is 15.8 Å². The normalized spacial score (nSPS) is 12.5. The zero-order valence-corrected chi connectivity index (χ0v) is 13.0. The Morgan fingerprint density at radius 3 is 2.76 bits per heavy atom. The summed E-state index contributed by atoms with van der Waals surface area (Å²) in [5, 5.41) is 5.09. The highest BCUT2D eigenvalue weighted by atomic mass is 32.1. The Balaban J connectivity index is 1.81. The van der Waals surface area contributed by atoms with E-state index in [4.69, 9.17) is 0 Å². The molecule has 4 nitrogen and oxygen atoms in total. The Bertz CT molecular complexity index is 770. The zero-order valence-electron chi connectivity index (χ0n) is 12.2. The number of thiazole rings is 1. The molecule has 0 spiro atoms. The van der Waals surface area contributed by atoms with Crippen molar-refractivity contribution in [1.29, 1.82) is 0 Å². The Morgan fingerprint density at radius 1 is 1.33 bits per heavy atom. The fraction of sp³-hybridized carbons (Fsp3) is 0.250. The van der Waals surface area contributed by atoms with Gasteiger partial charge in [-0.2, -0.15) is 0 Å². The first-order valence-corrected chi connectivity index (χ1v) is 7.69. The molecule has 0 aliphatic rings. The van der Waals surface area contributed by atoms with Gasteiger partial charge >= 0.3 is 0 Å². The Kier molecular flexibility index (Phi) is 3.51. The van der Waals surface area contributed by atoms with E-state index in [-0.39, 0.29) is 11.9 Å². The average molecular weight is 299 g/mol. The van der Waals surface area contributed by atoms with Crippen LogP contribution in [0.1, 0.15) is 39.0 Å². The minimum atomic E-state index is -0.0934. The second-order valence-electron chi connectivity index (χ2n) is 5.15. The van der Waals surface area contributed by atoms with Crippen molar-refractivity contribution >= 4 is 28.1 Å². The fourth-order valence-electron chi connectivity index (χ4n) is 2.48. The zero-order chi connectivity index (χ0) is 15.0. The van der Waals surface area contributed by atoms with Gasteiger partial charge in [0.05, 0.1) is 16.7 Å². The van der Waals surface area contributed by atoms with Gasteiger partial charge in [0.25, 0.3) is 5.91 Å². The van der Waals surface area contributed by atoms with E-state index < -0.39 is 0 Å². The van der Waals surface area contributed by atoms with Gasteiger partial charge in [-0.3, -0.25) is 4.79 Å². The van der Waals surface area contributed by atoms with Gasteiger partial charge in [-0.1, -0.05) is 18.2 Å². The van der Waals surface area contributed by atoms with Crippen molar-refractivity contribution in [2.45, 2.75) is 26.8 Å². The van der Waals surface area contributed by atoms with Crippen molar-refractivity contribution < 1.29 is 4.79 Å². The molecular weight excluding hydrogens is 282 g/mol. The number of benzene rings is 1. The van der Waals surface area contributed by atoms with E-state index in [0.717, 1.165) is 26.5 Å². The quantitative estimate of drug-likeness (QED) is 0.774. The summed E-state index contributed by atoms with van der Waals surface area (Å²) in [6, 6.07) is 9.70. The first-order valence-electron chi connectivity index (χ1n) is 6.87. The Morgan fingerprint density at radius 2 is 2.10 bits per heavy atom. The Labute approximate surface area is 127 Å². The number of hydrogen-bond acceptors (Lipinski definition) is 3. The molecule has 0 bridgehead atoms. The summed E-state index contributed by atoms with van der Waals surface area (Å²) in [7, 11) is 0. The largest absolute Gasteiger partial charge is 0.351 e. The summed E-state index contributed by atoms with van der Waals surface area (Å²) in [6.07, 6.45) is 0. The van der Waals surface area contributed by atoms with Crippen molar-refractivity contribution in [3.8, 4) is 0 Å². The third-order valence-electron chi connectivity index (χ3n) is 3.45. The number of carbonyl (C=O) groups excluding carboxylic acids is 1. The van der Waals surface area contributed by atoms with Gasteiger partial charge in [-0.25, -0.2) is 4.98 Å². The van der Waals surface area contributed by atoms with E-state index in [0.29, 0.717) is 5.69 Å². The van der Waals surface area contributed by atoms with Gasteiger partial charge in [-0.15, -0.1) is 11.3 Å². The SMILES string of the molecule is Cc1nc(C)c(C(C)NC(=O)c2cc3ccccc3[nH]2)s1. The maximum absolute atomic E-state index is 12.4. The number of aromatic nitrogens is 2. The van der Waals surface area contributed by atoms with E-state index in [1.165, 1.54) is 0 Å². The molecule has 3 aromatic rings. The third kappa shape index (κ3) is 2.69. The number of carbonyl (C=O) groups is 1. The molecule has 2 heterocycles. The van der Waals surface area contributed by atoms with Crippen molar-refractivity contribution in [3.05, 3.63) is 51.6 Å². The van der Waals surface area contributed by atoms with Crippen LogP contribution in [-0.2, 0) is 0 Å². The highest BCUT2D eigenvalue weighted by Crippen LogP contribution is 2.25. The van der Waals surface area contributed by atoms with E-state index in [2.05, 4.69) is 15.3 Å². The molecule has 1 amide bonds. The number of rotatable bonds is 3. The third-order valence-corrected chi connectivity index (χ3v) is 4.71. The molecule has 0 fully saturated rings. The molecule has 5 heteroatoms. The average Bonchev–Trinajstić information content (AvgIpc) is 3.01. The second-order valence-corrected chi connectivity index (χ2v) is 6.38. The topological polar surface area (TPSA) is 57.8 Å². The summed E-state index contributed by atoms with van der Waals surface area (Å²) >= 11 is 1.63. The van der Waals surface area contributed by atoms with Gasteiger partial charge < -0.3 is 10.3 Å². The number of amides is 1. The number of H-pyrrole nitrogens is 1. The monoisotopic (exact) mass is 299 g/mol. The van der Waals surface area contributed by atoms with Gasteiger partial charge in [0.15, 0.2) is 0 Å². The fourth-order valence-corrected chi connectivity index (χ4v) is 3.41. The van der Waals surface area contributed by atoms with Crippen LogP contribution in [0, 0.1) is 13.8 Å². The lowest BCUT2D eigenvalue weighted by Gasteiger charge is -2.12. The lowest BCUT2D eigenvalue weighted by Crippen LogP contribution is -2.26. The lowest BCUT2D eigenvalue weighted by atomic mass is 10.2. The molecule has 2 N–H and O–H groups in total. The molecule has 2 aromatic heterocycles. The maximum atomic E-state index is 12.4. The van der Waals surface area contributed by atoms with E-state index in [1.54, 1.807) is 11.3 Å². The number of aromatic amines is 1. The number of nitrogens with one attached hydrogen (secondary N) is 2. The molecule has 1 atom stereocenters. The van der Waals surface area contributed by atoms with Crippen LogP contribution < -0.4 is 5.32 Å². The molecule has 1 aromatic carbocycles. The predicted molar refractivity (Wildman–Crippen MR) is 85.8 cm³/mol. The number of aryl methyl sites for hydroxylation is 2. The standard InChI is InChI=1S/C16H17N3OS/c1-9-15(21-11(3)17-9)10(2)18-16(20)14-8-12-6-4-5-7-13(12)19-14/h4-8,10,19H,1-3H3,(H,18,20). The molecule has 21 heavy (non-hydrogen) atoms. The summed E-state index contributed by atoms with van der Waals surface area (Å²) < 4.78 is 0. The van der Waals surface area contributed by atoms with Crippen molar-refractivity contribution in [1.82, 2.24) is 15.3 Å². The highest BCUT2D eigenvalue weighted by molar-refractivity contribution is 7.11. The van der Waals surface area contributed by atoms with Gasteiger partial charge in [-0.05, 0) is 32.9 Å². The number of para-hydroxylation sites is 1. The van der Waals surface area contributed by atoms with Crippen molar-refractivity contribution in [2.75, 3.05) is 0 Å². The van der Waals surface area contributed by atoms with Crippen molar-refractivity contribution in [2.24, 2.45) is 0 Å². The number of fused-ring (bicyclic) bond motifs is 1. The first-order chi connectivity index (χ1) is 10.0. The number of nitrogens with zero attached hydrogens (tertiary/aromatic N) is 1. The Hall–Kier alpha value is -2.14. The number of hydrogen-bond donors (Lipinski definition) is 2. The van der Waals surface area contributed by atoms with Crippen LogP contribution in [0.2, 0.25) is 0 Å². The summed E-state index contributed by atoms with van der Waals surface area (Å²) in [5.41, 5.74) is 2.55. The van der Waals surface area contributed by atoms with Crippen LogP contribution in [0.5, 0.6) is 0 Å². The smallest absolute Gasteiger partial charge is 0.268 e. The summed E-state index contributed by atoms with van der Waals surface area (Å²) in [5.74, 6) is -0.0934. The minimum Gasteiger partial charge on any atom is -0.351 e. The lowest BCUT2D eigenvalue weighted by molar-refractivity contribution is 0.0936. The molecule has 0 radical (unpaired) electrons. The molecular formula is C16H17N3OS. The predicted octanol–water partition coefficient (Wildman–Crippen LogP) is 3.73. The van der Waals surface area contributed by atoms with Crippen molar-refractivity contribution in [3.63, 3.8) is 0 Å². The van der Waals surface area contributed by atoms with E-state index in [1.807, 2.05) is 51.1 Å².